The lowest BCUT2D eigenvalue weighted by Crippen LogP contribution is -2.43. The Morgan fingerprint density at radius 3 is 3.10 bits per heavy atom. The molecule has 1 aromatic heterocycles. The lowest BCUT2D eigenvalue weighted by Gasteiger charge is -2.17. The maximum atomic E-state index is 13.2. The average Bonchev–Trinajstić information content (AvgIpc) is 3.04. The van der Waals surface area contributed by atoms with Gasteiger partial charge in [-0.15, -0.1) is 11.3 Å². The quantitative estimate of drug-likeness (QED) is 0.907. The summed E-state index contributed by atoms with van der Waals surface area (Å²) in [4.78, 5) is 12.8. The first-order chi connectivity index (χ1) is 9.67. The van der Waals surface area contributed by atoms with Crippen molar-refractivity contribution in [2.45, 2.75) is 12.1 Å². The summed E-state index contributed by atoms with van der Waals surface area (Å²) in [6.45, 7) is 1.43. The summed E-state index contributed by atoms with van der Waals surface area (Å²) in [6, 6.07) is 6.30. The summed E-state index contributed by atoms with van der Waals surface area (Å²) in [5, 5.41) is 7.02. The fraction of sp³-hybridized carbons (Fsp3) is 0.357. The monoisotopic (exact) mass is 294 g/mol. The molecule has 1 amide bonds. The van der Waals surface area contributed by atoms with Crippen molar-refractivity contribution >= 4 is 27.3 Å². The van der Waals surface area contributed by atoms with Gasteiger partial charge < -0.3 is 15.4 Å². The van der Waals surface area contributed by atoms with Gasteiger partial charge >= 0.3 is 0 Å². The van der Waals surface area contributed by atoms with Crippen LogP contribution in [0.5, 0.6) is 0 Å². The first kappa shape index (κ1) is 13.5. The van der Waals surface area contributed by atoms with E-state index in [2.05, 4.69) is 10.6 Å². The molecular formula is C14H15FN2O2S. The van der Waals surface area contributed by atoms with E-state index in [0.29, 0.717) is 11.4 Å². The van der Waals surface area contributed by atoms with Crippen LogP contribution in [0.2, 0.25) is 0 Å². The van der Waals surface area contributed by atoms with Gasteiger partial charge in [0.2, 0.25) is 0 Å². The number of methoxy groups -OCH3 is 1. The molecule has 2 aromatic rings. The van der Waals surface area contributed by atoms with Crippen molar-refractivity contribution in [3.63, 3.8) is 0 Å². The molecule has 0 aliphatic carbocycles. The maximum absolute atomic E-state index is 13.2. The molecule has 2 N–H and O–H groups in total. The molecule has 0 bridgehead atoms. The molecule has 1 aromatic carbocycles. The number of carbonyl (C=O) groups excluding carboxylic acids is 1. The minimum absolute atomic E-state index is 0.00854. The van der Waals surface area contributed by atoms with Crippen LogP contribution in [-0.4, -0.2) is 38.3 Å². The SMILES string of the molecule is CO[C@H]1CNCC1NC(=O)c1cc2ccc(F)cc2s1. The van der Waals surface area contributed by atoms with Crippen LogP contribution in [0.3, 0.4) is 0 Å². The largest absolute Gasteiger partial charge is 0.378 e. The second-order valence-electron chi connectivity index (χ2n) is 4.81. The molecular weight excluding hydrogens is 279 g/mol. The van der Waals surface area contributed by atoms with Gasteiger partial charge in [0, 0.05) is 24.9 Å². The van der Waals surface area contributed by atoms with Crippen LogP contribution in [0.4, 0.5) is 4.39 Å². The molecule has 106 valence electrons. The van der Waals surface area contributed by atoms with Gasteiger partial charge in [-0.05, 0) is 23.6 Å². The third-order valence-electron chi connectivity index (χ3n) is 3.48. The van der Waals surface area contributed by atoms with Crippen molar-refractivity contribution in [1.82, 2.24) is 10.6 Å². The number of rotatable bonds is 3. The molecule has 2 heterocycles. The van der Waals surface area contributed by atoms with Crippen LogP contribution in [0.25, 0.3) is 10.1 Å². The highest BCUT2D eigenvalue weighted by molar-refractivity contribution is 7.20. The fourth-order valence-corrected chi connectivity index (χ4v) is 3.39. The lowest BCUT2D eigenvalue weighted by molar-refractivity contribution is 0.0783. The van der Waals surface area contributed by atoms with Crippen molar-refractivity contribution in [1.29, 1.82) is 0 Å². The Hall–Kier alpha value is -1.50. The highest BCUT2D eigenvalue weighted by atomic mass is 32.1. The van der Waals surface area contributed by atoms with Crippen LogP contribution in [0, 0.1) is 5.82 Å². The molecule has 3 rings (SSSR count). The lowest BCUT2D eigenvalue weighted by atomic mass is 10.2. The van der Waals surface area contributed by atoms with Gasteiger partial charge in [-0.25, -0.2) is 4.39 Å². The van der Waals surface area contributed by atoms with E-state index >= 15 is 0 Å². The summed E-state index contributed by atoms with van der Waals surface area (Å²) in [5.74, 6) is -0.423. The van der Waals surface area contributed by atoms with E-state index in [1.165, 1.54) is 23.5 Å². The number of fused-ring (bicyclic) bond motifs is 1. The number of amides is 1. The van der Waals surface area contributed by atoms with E-state index < -0.39 is 0 Å². The van der Waals surface area contributed by atoms with Crippen LogP contribution < -0.4 is 10.6 Å². The number of thiophene rings is 1. The van der Waals surface area contributed by atoms with Gasteiger partial charge in [-0.3, -0.25) is 4.79 Å². The molecule has 1 aliphatic rings. The molecule has 6 heteroatoms. The second kappa shape index (κ2) is 5.47. The maximum Gasteiger partial charge on any atom is 0.261 e. The molecule has 4 nitrogen and oxygen atoms in total. The minimum atomic E-state index is -0.286. The highest BCUT2D eigenvalue weighted by Crippen LogP contribution is 2.26. The number of halogens is 1. The van der Waals surface area contributed by atoms with Crippen molar-refractivity contribution in [2.24, 2.45) is 0 Å². The molecule has 1 aliphatic heterocycles. The van der Waals surface area contributed by atoms with Gasteiger partial charge in [0.25, 0.3) is 5.91 Å². The Labute approximate surface area is 119 Å². The summed E-state index contributed by atoms with van der Waals surface area (Å²) in [5.41, 5.74) is 0. The zero-order chi connectivity index (χ0) is 14.1. The summed E-state index contributed by atoms with van der Waals surface area (Å²) in [7, 11) is 1.64. The van der Waals surface area contributed by atoms with Crippen LogP contribution in [0.1, 0.15) is 9.67 Å². The van der Waals surface area contributed by atoms with Crippen molar-refractivity contribution in [2.75, 3.05) is 20.2 Å². The van der Waals surface area contributed by atoms with Gasteiger partial charge in [0.1, 0.15) is 5.82 Å². The van der Waals surface area contributed by atoms with Gasteiger partial charge in [0.05, 0.1) is 17.0 Å². The van der Waals surface area contributed by atoms with Crippen molar-refractivity contribution in [3.05, 3.63) is 35.0 Å². The summed E-state index contributed by atoms with van der Waals surface area (Å²) < 4.78 is 19.2. The number of ether oxygens (including phenoxy) is 1. The molecule has 0 saturated carbocycles. The Balaban J connectivity index is 1.78. The van der Waals surface area contributed by atoms with E-state index in [1.54, 1.807) is 19.2 Å². The molecule has 0 radical (unpaired) electrons. The summed E-state index contributed by atoms with van der Waals surface area (Å²) >= 11 is 1.30. The van der Waals surface area contributed by atoms with Crippen molar-refractivity contribution < 1.29 is 13.9 Å². The van der Waals surface area contributed by atoms with E-state index in [4.69, 9.17) is 4.74 Å². The number of hydrogen-bond acceptors (Lipinski definition) is 4. The third-order valence-corrected chi connectivity index (χ3v) is 4.58. The first-order valence-corrected chi connectivity index (χ1v) is 7.22. The second-order valence-corrected chi connectivity index (χ2v) is 5.89. The van der Waals surface area contributed by atoms with E-state index in [1.807, 2.05) is 0 Å². The van der Waals surface area contributed by atoms with Gasteiger partial charge in [-0.2, -0.15) is 0 Å². The molecule has 1 saturated heterocycles. The number of benzene rings is 1. The Morgan fingerprint density at radius 1 is 1.45 bits per heavy atom. The highest BCUT2D eigenvalue weighted by Gasteiger charge is 2.28. The zero-order valence-corrected chi connectivity index (χ0v) is 11.8. The third kappa shape index (κ3) is 2.54. The molecule has 0 spiro atoms. The van der Waals surface area contributed by atoms with Crippen LogP contribution >= 0.6 is 11.3 Å². The fourth-order valence-electron chi connectivity index (χ4n) is 2.40. The molecule has 20 heavy (non-hydrogen) atoms. The Bertz CT molecular complexity index is 643. The van der Waals surface area contributed by atoms with Crippen molar-refractivity contribution in [3.8, 4) is 0 Å². The normalized spacial score (nSPS) is 22.3. The topological polar surface area (TPSA) is 50.4 Å². The molecule has 1 fully saturated rings. The van der Waals surface area contributed by atoms with Crippen LogP contribution in [0.15, 0.2) is 24.3 Å². The Kier molecular flexibility index (Phi) is 3.69. The van der Waals surface area contributed by atoms with Gasteiger partial charge in [0.15, 0.2) is 0 Å². The minimum Gasteiger partial charge on any atom is -0.378 e. The molecule has 2 atom stereocenters. The van der Waals surface area contributed by atoms with Crippen LogP contribution in [-0.2, 0) is 4.74 Å². The number of hydrogen-bond donors (Lipinski definition) is 2. The Morgan fingerprint density at radius 2 is 2.30 bits per heavy atom. The zero-order valence-electron chi connectivity index (χ0n) is 11.0. The number of nitrogens with one attached hydrogen (secondary N) is 2. The standard InChI is InChI=1S/C14H15FN2O2S/c1-19-11-7-16-6-10(11)17-14(18)13-4-8-2-3-9(15)5-12(8)20-13/h2-5,10-11,16H,6-7H2,1H3,(H,17,18)/t10?,11-/m0/s1. The average molecular weight is 294 g/mol. The molecule has 1 unspecified atom stereocenters. The van der Waals surface area contributed by atoms with E-state index in [9.17, 15) is 9.18 Å². The van der Waals surface area contributed by atoms with E-state index in [0.717, 1.165) is 16.6 Å². The van der Waals surface area contributed by atoms with E-state index in [-0.39, 0.29) is 23.9 Å². The van der Waals surface area contributed by atoms with Gasteiger partial charge in [-0.1, -0.05) is 6.07 Å². The summed E-state index contributed by atoms with van der Waals surface area (Å²) in [6.07, 6.45) is -0.00854. The predicted molar refractivity (Wildman–Crippen MR) is 76.7 cm³/mol. The number of carbonyl (C=O) groups is 1. The predicted octanol–water partition coefficient (Wildman–Crippen LogP) is 1.76. The smallest absolute Gasteiger partial charge is 0.261 e. The first-order valence-electron chi connectivity index (χ1n) is 6.41.